The first kappa shape index (κ1) is 20.2. The third-order valence-corrected chi connectivity index (χ3v) is 4.80. The Kier molecular flexibility index (Phi) is 6.74. The summed E-state index contributed by atoms with van der Waals surface area (Å²) in [4.78, 5) is 11.8. The van der Waals surface area contributed by atoms with Crippen LogP contribution in [0.5, 0.6) is 17.2 Å². The first-order valence-corrected chi connectivity index (χ1v) is 9.17. The van der Waals surface area contributed by atoms with E-state index in [4.69, 9.17) is 9.47 Å². The van der Waals surface area contributed by atoms with E-state index in [0.29, 0.717) is 5.56 Å². The smallest absolute Gasteiger partial charge is 0.255 e. The third kappa shape index (κ3) is 5.43. The van der Waals surface area contributed by atoms with Crippen molar-refractivity contribution in [1.29, 1.82) is 0 Å². The molecule has 2 rings (SSSR count). The Balaban J connectivity index is 1.96. The van der Waals surface area contributed by atoms with Crippen LogP contribution in [0.3, 0.4) is 0 Å². The highest BCUT2D eigenvalue weighted by molar-refractivity contribution is 7.89. The summed E-state index contributed by atoms with van der Waals surface area (Å²) in [5.74, 6) is -0.449. The highest BCUT2D eigenvalue weighted by atomic mass is 32.2. The standard InChI is InChI=1S/C17H19N3O6S/c1-25-14-8-12(9-15(26-2)17(14)22)10-18-20-16(21)11-19-27(23,24)13-6-4-3-5-7-13/h3-10,19,22H,11H2,1-2H3,(H,20,21)/b18-10+. The van der Waals surface area contributed by atoms with Crippen molar-refractivity contribution in [1.82, 2.24) is 10.1 Å². The van der Waals surface area contributed by atoms with E-state index in [-0.39, 0.29) is 22.1 Å². The van der Waals surface area contributed by atoms with Gasteiger partial charge >= 0.3 is 0 Å². The number of phenols is 1. The molecule has 0 fully saturated rings. The molecule has 0 aliphatic rings. The van der Waals surface area contributed by atoms with Crippen molar-refractivity contribution in [2.45, 2.75) is 4.90 Å². The van der Waals surface area contributed by atoms with Gasteiger partial charge in [-0.3, -0.25) is 4.79 Å². The molecule has 144 valence electrons. The van der Waals surface area contributed by atoms with Crippen molar-refractivity contribution in [3.05, 3.63) is 48.0 Å². The van der Waals surface area contributed by atoms with Gasteiger partial charge in [0.05, 0.1) is 31.9 Å². The average molecular weight is 393 g/mol. The number of hydrazone groups is 1. The lowest BCUT2D eigenvalue weighted by molar-refractivity contribution is -0.119. The van der Waals surface area contributed by atoms with Gasteiger partial charge < -0.3 is 14.6 Å². The summed E-state index contributed by atoms with van der Waals surface area (Å²) in [6.07, 6.45) is 1.30. The van der Waals surface area contributed by atoms with Crippen molar-refractivity contribution in [3.63, 3.8) is 0 Å². The van der Waals surface area contributed by atoms with Gasteiger partial charge in [-0.1, -0.05) is 18.2 Å². The van der Waals surface area contributed by atoms with Gasteiger partial charge in [0.2, 0.25) is 15.8 Å². The maximum atomic E-state index is 12.0. The molecule has 2 aromatic carbocycles. The molecule has 9 nitrogen and oxygen atoms in total. The van der Waals surface area contributed by atoms with E-state index in [0.717, 1.165) is 0 Å². The summed E-state index contributed by atoms with van der Waals surface area (Å²) in [6.45, 7) is -0.475. The minimum absolute atomic E-state index is 0.0598. The maximum Gasteiger partial charge on any atom is 0.255 e. The van der Waals surface area contributed by atoms with Crippen molar-refractivity contribution >= 4 is 22.1 Å². The second kappa shape index (κ2) is 9.01. The van der Waals surface area contributed by atoms with E-state index >= 15 is 0 Å². The summed E-state index contributed by atoms with van der Waals surface area (Å²) in [5, 5.41) is 13.6. The summed E-state index contributed by atoms with van der Waals surface area (Å²) < 4.78 is 36.3. The number of sulfonamides is 1. The number of hydrogen-bond acceptors (Lipinski definition) is 7. The fourth-order valence-corrected chi connectivity index (χ4v) is 3.05. The monoisotopic (exact) mass is 393 g/mol. The van der Waals surface area contributed by atoms with Crippen molar-refractivity contribution in [2.24, 2.45) is 5.10 Å². The zero-order valence-electron chi connectivity index (χ0n) is 14.7. The van der Waals surface area contributed by atoms with E-state index in [1.807, 2.05) is 0 Å². The van der Waals surface area contributed by atoms with Crippen LogP contribution >= 0.6 is 0 Å². The lowest BCUT2D eigenvalue weighted by atomic mass is 10.2. The van der Waals surface area contributed by atoms with Crippen molar-refractivity contribution in [2.75, 3.05) is 20.8 Å². The Morgan fingerprint density at radius 1 is 1.15 bits per heavy atom. The zero-order valence-corrected chi connectivity index (χ0v) is 15.5. The van der Waals surface area contributed by atoms with Crippen LogP contribution in [0, 0.1) is 0 Å². The largest absolute Gasteiger partial charge is 0.502 e. The van der Waals surface area contributed by atoms with Gasteiger partial charge in [0.25, 0.3) is 5.91 Å². The number of carbonyl (C=O) groups is 1. The zero-order chi connectivity index (χ0) is 19.9. The molecule has 0 heterocycles. The number of benzene rings is 2. The molecule has 0 aliphatic heterocycles. The Hall–Kier alpha value is -3.11. The van der Waals surface area contributed by atoms with Crippen LogP contribution in [0.4, 0.5) is 0 Å². The van der Waals surface area contributed by atoms with Gasteiger partial charge in [0.15, 0.2) is 11.5 Å². The summed E-state index contributed by atoms with van der Waals surface area (Å²) in [6, 6.07) is 10.7. The van der Waals surface area contributed by atoms with Crippen LogP contribution in [-0.4, -0.2) is 46.4 Å². The number of phenolic OH excluding ortho intramolecular Hbond substituents is 1. The molecule has 0 aliphatic carbocycles. The molecular formula is C17H19N3O6S. The molecule has 2 aromatic rings. The van der Waals surface area contributed by atoms with Crippen molar-refractivity contribution in [3.8, 4) is 17.2 Å². The first-order valence-electron chi connectivity index (χ1n) is 7.69. The van der Waals surface area contributed by atoms with Crippen LogP contribution < -0.4 is 19.6 Å². The van der Waals surface area contributed by atoms with E-state index in [1.165, 1.54) is 44.7 Å². The van der Waals surface area contributed by atoms with E-state index < -0.39 is 22.5 Å². The fourth-order valence-electron chi connectivity index (χ4n) is 2.05. The molecule has 0 saturated carbocycles. The lowest BCUT2D eigenvalue weighted by Gasteiger charge is -2.09. The number of rotatable bonds is 8. The highest BCUT2D eigenvalue weighted by Crippen LogP contribution is 2.36. The van der Waals surface area contributed by atoms with Gasteiger partial charge in [0, 0.05) is 5.56 Å². The molecule has 0 aromatic heterocycles. The number of ether oxygens (including phenoxy) is 2. The van der Waals surface area contributed by atoms with Crippen LogP contribution in [-0.2, 0) is 14.8 Å². The number of nitrogens with one attached hydrogen (secondary N) is 2. The van der Waals surface area contributed by atoms with Gasteiger partial charge in [-0.2, -0.15) is 5.10 Å². The minimum Gasteiger partial charge on any atom is -0.502 e. The number of aromatic hydroxyl groups is 1. The van der Waals surface area contributed by atoms with Crippen LogP contribution in [0.15, 0.2) is 52.5 Å². The number of hydrogen-bond donors (Lipinski definition) is 3. The second-order valence-corrected chi connectivity index (χ2v) is 6.97. The molecule has 0 unspecified atom stereocenters. The number of methoxy groups -OCH3 is 2. The van der Waals surface area contributed by atoms with Crippen LogP contribution in [0.2, 0.25) is 0 Å². The fraction of sp³-hybridized carbons (Fsp3) is 0.176. The maximum absolute atomic E-state index is 12.0. The van der Waals surface area contributed by atoms with E-state index in [9.17, 15) is 18.3 Å². The molecule has 3 N–H and O–H groups in total. The third-order valence-electron chi connectivity index (χ3n) is 3.38. The summed E-state index contributed by atoms with van der Waals surface area (Å²) in [5.41, 5.74) is 2.70. The summed E-state index contributed by atoms with van der Waals surface area (Å²) in [7, 11) is -1.01. The lowest BCUT2D eigenvalue weighted by Crippen LogP contribution is -2.34. The first-order chi connectivity index (χ1) is 12.9. The quantitative estimate of drug-likeness (QED) is 0.451. The Morgan fingerprint density at radius 2 is 1.74 bits per heavy atom. The predicted molar refractivity (Wildman–Crippen MR) is 98.6 cm³/mol. The average Bonchev–Trinajstić information content (AvgIpc) is 2.68. The molecule has 0 spiro atoms. The molecule has 27 heavy (non-hydrogen) atoms. The van der Waals surface area contributed by atoms with Gasteiger partial charge in [-0.05, 0) is 24.3 Å². The second-order valence-electron chi connectivity index (χ2n) is 5.20. The Bertz CT molecular complexity index is 904. The molecule has 0 atom stereocenters. The highest BCUT2D eigenvalue weighted by Gasteiger charge is 2.14. The van der Waals surface area contributed by atoms with Gasteiger partial charge in [-0.25, -0.2) is 18.6 Å². The molecule has 1 amide bonds. The van der Waals surface area contributed by atoms with Crippen LogP contribution in [0.1, 0.15) is 5.56 Å². The molecule has 0 radical (unpaired) electrons. The summed E-state index contributed by atoms with van der Waals surface area (Å²) >= 11 is 0. The molecule has 0 bridgehead atoms. The van der Waals surface area contributed by atoms with Crippen molar-refractivity contribution < 1.29 is 27.8 Å². The number of carbonyl (C=O) groups excluding carboxylic acids is 1. The van der Waals surface area contributed by atoms with E-state index in [1.54, 1.807) is 18.2 Å². The predicted octanol–water partition coefficient (Wildman–Crippen LogP) is 0.838. The van der Waals surface area contributed by atoms with Gasteiger partial charge in [0.1, 0.15) is 0 Å². The molecule has 10 heteroatoms. The topological polar surface area (TPSA) is 126 Å². The Morgan fingerprint density at radius 3 is 2.30 bits per heavy atom. The normalized spacial score (nSPS) is 11.3. The van der Waals surface area contributed by atoms with Gasteiger partial charge in [-0.15, -0.1) is 0 Å². The number of amides is 1. The molecule has 0 saturated heterocycles. The number of nitrogens with zero attached hydrogens (tertiary/aromatic N) is 1. The molecular weight excluding hydrogens is 374 g/mol. The minimum atomic E-state index is -3.78. The van der Waals surface area contributed by atoms with E-state index in [2.05, 4.69) is 15.2 Å². The van der Waals surface area contributed by atoms with Crippen LogP contribution in [0.25, 0.3) is 0 Å². The SMILES string of the molecule is COc1cc(/C=N/NC(=O)CNS(=O)(=O)c2ccccc2)cc(OC)c1O. The Labute approximate surface area is 156 Å².